The van der Waals surface area contributed by atoms with E-state index in [9.17, 15) is 13.2 Å². The lowest BCUT2D eigenvalue weighted by atomic mass is 10.2. The van der Waals surface area contributed by atoms with Crippen LogP contribution < -0.4 is 5.73 Å². The molecule has 21 heavy (non-hydrogen) atoms. The number of fused-ring (bicyclic) bond motifs is 1. The molecule has 7 nitrogen and oxygen atoms in total. The Balaban J connectivity index is 2.00. The molecule has 0 spiro atoms. The van der Waals surface area contributed by atoms with Crippen molar-refractivity contribution in [1.29, 1.82) is 0 Å². The van der Waals surface area contributed by atoms with Gasteiger partial charge in [-0.15, -0.1) is 0 Å². The molecule has 1 aromatic carbocycles. The van der Waals surface area contributed by atoms with Crippen LogP contribution in [0.1, 0.15) is 22.8 Å². The van der Waals surface area contributed by atoms with Crippen LogP contribution >= 0.6 is 0 Å². The third-order valence-electron chi connectivity index (χ3n) is 3.37. The van der Waals surface area contributed by atoms with Crippen LogP contribution in [-0.2, 0) is 23.1 Å². The molecule has 1 aliphatic heterocycles. The Kier molecular flexibility index (Phi) is 2.98. The SMILES string of the molecule is CCn1cc(CN2C(=O)c3ccc(N)cc3S2(=O)=O)cn1. The number of amides is 1. The highest BCUT2D eigenvalue weighted by atomic mass is 32.2. The number of rotatable bonds is 3. The number of carbonyl (C=O) groups is 1. The van der Waals surface area contributed by atoms with E-state index in [-0.39, 0.29) is 17.0 Å². The second-order valence-corrected chi connectivity index (χ2v) is 6.61. The number of nitrogen functional groups attached to an aromatic ring is 1. The van der Waals surface area contributed by atoms with Crippen LogP contribution in [0.15, 0.2) is 35.5 Å². The number of benzene rings is 1. The average Bonchev–Trinajstić information content (AvgIpc) is 2.97. The number of hydrogen-bond acceptors (Lipinski definition) is 5. The molecule has 3 rings (SSSR count). The van der Waals surface area contributed by atoms with Crippen LogP contribution in [0.3, 0.4) is 0 Å². The molecule has 0 bridgehead atoms. The first-order valence-corrected chi connectivity index (χ1v) is 7.85. The van der Waals surface area contributed by atoms with Crippen molar-refractivity contribution in [2.45, 2.75) is 24.9 Å². The molecule has 0 saturated heterocycles. The first kappa shape index (κ1) is 13.6. The fourth-order valence-electron chi connectivity index (χ4n) is 2.27. The van der Waals surface area contributed by atoms with Gasteiger partial charge in [-0.3, -0.25) is 9.48 Å². The lowest BCUT2D eigenvalue weighted by molar-refractivity contribution is 0.0865. The minimum absolute atomic E-state index is 0.0320. The Labute approximate surface area is 122 Å². The highest BCUT2D eigenvalue weighted by molar-refractivity contribution is 7.90. The summed E-state index contributed by atoms with van der Waals surface area (Å²) in [5.41, 5.74) is 6.74. The quantitative estimate of drug-likeness (QED) is 0.847. The molecule has 1 aliphatic rings. The summed E-state index contributed by atoms with van der Waals surface area (Å²) >= 11 is 0. The van der Waals surface area contributed by atoms with E-state index in [0.29, 0.717) is 17.8 Å². The molecule has 110 valence electrons. The first-order valence-electron chi connectivity index (χ1n) is 6.41. The number of carbonyl (C=O) groups excluding carboxylic acids is 1. The van der Waals surface area contributed by atoms with Gasteiger partial charge in [-0.2, -0.15) is 5.10 Å². The van der Waals surface area contributed by atoms with Gasteiger partial charge in [-0.25, -0.2) is 12.7 Å². The number of sulfonamides is 1. The van der Waals surface area contributed by atoms with Gasteiger partial charge >= 0.3 is 0 Å². The minimum atomic E-state index is -3.85. The van der Waals surface area contributed by atoms with E-state index >= 15 is 0 Å². The normalized spacial score (nSPS) is 16.2. The number of hydrogen-bond donors (Lipinski definition) is 1. The number of aromatic nitrogens is 2. The summed E-state index contributed by atoms with van der Waals surface area (Å²) < 4.78 is 27.4. The van der Waals surface area contributed by atoms with E-state index in [1.165, 1.54) is 18.2 Å². The maximum Gasteiger partial charge on any atom is 0.269 e. The van der Waals surface area contributed by atoms with Gasteiger partial charge in [0, 0.05) is 24.0 Å². The Morgan fingerprint density at radius 3 is 2.76 bits per heavy atom. The van der Waals surface area contributed by atoms with Gasteiger partial charge in [0.05, 0.1) is 18.3 Å². The fourth-order valence-corrected chi connectivity index (χ4v) is 3.87. The molecule has 1 aromatic heterocycles. The third kappa shape index (κ3) is 2.07. The summed E-state index contributed by atoms with van der Waals surface area (Å²) in [5.74, 6) is -0.533. The second kappa shape index (κ2) is 4.59. The summed E-state index contributed by atoms with van der Waals surface area (Å²) in [5, 5.41) is 4.08. The predicted octanol–water partition coefficient (Wildman–Crippen LogP) is 0.830. The van der Waals surface area contributed by atoms with Crippen LogP contribution in [0.2, 0.25) is 0 Å². The molecule has 0 unspecified atom stereocenters. The fraction of sp³-hybridized carbons (Fsp3) is 0.231. The molecular formula is C13H14N4O3S. The smallest absolute Gasteiger partial charge is 0.269 e. The molecular weight excluding hydrogens is 292 g/mol. The van der Waals surface area contributed by atoms with Crippen LogP contribution in [0.4, 0.5) is 5.69 Å². The van der Waals surface area contributed by atoms with Crippen molar-refractivity contribution >= 4 is 21.6 Å². The first-order chi connectivity index (χ1) is 9.93. The lowest BCUT2D eigenvalue weighted by Crippen LogP contribution is -2.29. The molecule has 1 amide bonds. The standard InChI is InChI=1S/C13H14N4O3S/c1-2-16-7-9(6-15-16)8-17-13(18)11-4-3-10(14)5-12(11)21(17,19)20/h3-7H,2,8,14H2,1H3. The summed E-state index contributed by atoms with van der Waals surface area (Å²) in [6.45, 7) is 2.57. The van der Waals surface area contributed by atoms with Crippen molar-refractivity contribution in [1.82, 2.24) is 14.1 Å². The number of aryl methyl sites for hydroxylation is 1. The Morgan fingerprint density at radius 2 is 2.10 bits per heavy atom. The van der Waals surface area contributed by atoms with Gasteiger partial charge in [0.25, 0.3) is 15.9 Å². The maximum absolute atomic E-state index is 12.4. The largest absolute Gasteiger partial charge is 0.399 e. The highest BCUT2D eigenvalue weighted by Crippen LogP contribution is 2.32. The van der Waals surface area contributed by atoms with Crippen molar-refractivity contribution in [3.8, 4) is 0 Å². The molecule has 0 saturated carbocycles. The van der Waals surface area contributed by atoms with Crippen molar-refractivity contribution in [3.05, 3.63) is 41.7 Å². The maximum atomic E-state index is 12.4. The predicted molar refractivity (Wildman–Crippen MR) is 75.8 cm³/mol. The number of nitrogens with two attached hydrogens (primary N) is 1. The zero-order valence-electron chi connectivity index (χ0n) is 11.4. The molecule has 2 N–H and O–H groups in total. The van der Waals surface area contributed by atoms with Crippen LogP contribution in [-0.4, -0.2) is 28.4 Å². The Morgan fingerprint density at radius 1 is 1.33 bits per heavy atom. The van der Waals surface area contributed by atoms with Gasteiger partial charge < -0.3 is 5.73 Å². The highest BCUT2D eigenvalue weighted by Gasteiger charge is 2.41. The monoisotopic (exact) mass is 306 g/mol. The van der Waals surface area contributed by atoms with Gasteiger partial charge in [-0.05, 0) is 25.1 Å². The minimum Gasteiger partial charge on any atom is -0.399 e. The van der Waals surface area contributed by atoms with Crippen molar-refractivity contribution in [3.63, 3.8) is 0 Å². The van der Waals surface area contributed by atoms with Gasteiger partial charge in [0.1, 0.15) is 4.90 Å². The van der Waals surface area contributed by atoms with Gasteiger partial charge in [0.2, 0.25) is 0 Å². The average molecular weight is 306 g/mol. The van der Waals surface area contributed by atoms with Crippen LogP contribution in [0, 0.1) is 0 Å². The van der Waals surface area contributed by atoms with E-state index in [2.05, 4.69) is 5.10 Å². The van der Waals surface area contributed by atoms with Gasteiger partial charge in [0.15, 0.2) is 0 Å². The second-order valence-electron chi connectivity index (χ2n) is 4.78. The van der Waals surface area contributed by atoms with E-state index < -0.39 is 15.9 Å². The lowest BCUT2D eigenvalue weighted by Gasteiger charge is -2.13. The molecule has 0 fully saturated rings. The van der Waals surface area contributed by atoms with E-state index in [1.54, 1.807) is 17.1 Å². The van der Waals surface area contributed by atoms with E-state index in [0.717, 1.165) is 4.31 Å². The molecule has 2 heterocycles. The molecule has 0 aliphatic carbocycles. The molecule has 0 radical (unpaired) electrons. The summed E-state index contributed by atoms with van der Waals surface area (Å²) in [7, 11) is -3.85. The van der Waals surface area contributed by atoms with E-state index in [1.807, 2.05) is 6.92 Å². The molecule has 0 atom stereocenters. The summed E-state index contributed by atoms with van der Waals surface area (Å²) in [4.78, 5) is 12.3. The molecule has 2 aromatic rings. The van der Waals surface area contributed by atoms with E-state index in [4.69, 9.17) is 5.73 Å². The van der Waals surface area contributed by atoms with Crippen molar-refractivity contribution < 1.29 is 13.2 Å². The zero-order chi connectivity index (χ0) is 15.2. The third-order valence-corrected chi connectivity index (χ3v) is 5.14. The van der Waals surface area contributed by atoms with Crippen molar-refractivity contribution in [2.75, 3.05) is 5.73 Å². The van der Waals surface area contributed by atoms with Crippen molar-refractivity contribution in [2.24, 2.45) is 0 Å². The molecule has 8 heteroatoms. The number of anilines is 1. The number of nitrogens with zero attached hydrogens (tertiary/aromatic N) is 3. The zero-order valence-corrected chi connectivity index (χ0v) is 12.2. The Hall–Kier alpha value is -2.35. The Bertz CT molecular complexity index is 826. The van der Waals surface area contributed by atoms with Gasteiger partial charge in [-0.1, -0.05) is 0 Å². The summed E-state index contributed by atoms with van der Waals surface area (Å²) in [6, 6.07) is 4.28. The van der Waals surface area contributed by atoms with Crippen LogP contribution in [0.5, 0.6) is 0 Å². The summed E-state index contributed by atoms with van der Waals surface area (Å²) in [6.07, 6.45) is 3.28. The topological polar surface area (TPSA) is 98.3 Å². The van der Waals surface area contributed by atoms with Crippen LogP contribution in [0.25, 0.3) is 0 Å².